The van der Waals surface area contributed by atoms with E-state index in [1.807, 2.05) is 27.7 Å². The second kappa shape index (κ2) is 13.9. The molecule has 5 N–H and O–H groups in total. The van der Waals surface area contributed by atoms with Crippen molar-refractivity contribution >= 4 is 35.5 Å². The molecule has 2 rings (SSSR count). The van der Waals surface area contributed by atoms with Crippen LogP contribution in [0, 0.1) is 34.0 Å². The quantitative estimate of drug-likeness (QED) is 0.185. The molecule has 7 atom stereocenters. The number of nitrogens with one attached hydrogen (secondary N) is 3. The summed E-state index contributed by atoms with van der Waals surface area (Å²) in [5.41, 5.74) is 2.88. The lowest BCUT2D eigenvalue weighted by Gasteiger charge is -2.38. The van der Waals surface area contributed by atoms with E-state index in [1.54, 1.807) is 62.3 Å². The molecule has 0 aromatic heterocycles. The number of hydrogen-bond donors (Lipinski definition) is 4. The number of esters is 1. The molecule has 1 heterocycles. The number of likely N-dealkylation sites (tertiary alicyclic amines) is 1. The van der Waals surface area contributed by atoms with Crippen LogP contribution >= 0.6 is 0 Å². The van der Waals surface area contributed by atoms with Crippen LogP contribution in [-0.2, 0) is 28.7 Å². The first-order valence-corrected chi connectivity index (χ1v) is 16.5. The summed E-state index contributed by atoms with van der Waals surface area (Å²) in [6.07, 6.45) is 1.92. The number of urea groups is 1. The third-order valence-electron chi connectivity index (χ3n) is 9.23. The minimum Gasteiger partial charge on any atom is -0.458 e. The Morgan fingerprint density at radius 2 is 1.41 bits per heavy atom. The fourth-order valence-electron chi connectivity index (χ4n) is 6.59. The van der Waals surface area contributed by atoms with E-state index >= 15 is 0 Å². The lowest BCUT2D eigenvalue weighted by atomic mass is 9.85. The summed E-state index contributed by atoms with van der Waals surface area (Å²) in [5.74, 6) is -3.64. The topological polar surface area (TPSA) is 177 Å². The molecule has 5 amide bonds. The number of carbonyl (C=O) groups is 6. The fourth-order valence-corrected chi connectivity index (χ4v) is 6.59. The van der Waals surface area contributed by atoms with Crippen LogP contribution in [0.2, 0.25) is 0 Å². The van der Waals surface area contributed by atoms with Crippen molar-refractivity contribution in [3.63, 3.8) is 0 Å². The number of primary amides is 1. The lowest BCUT2D eigenvalue weighted by Crippen LogP contribution is -2.63. The number of nitrogens with two attached hydrogens (primary N) is 1. The Bertz CT molecular complexity index is 1190. The van der Waals surface area contributed by atoms with Crippen LogP contribution in [0.1, 0.15) is 109 Å². The maximum atomic E-state index is 14.3. The van der Waals surface area contributed by atoms with Gasteiger partial charge in [-0.15, -0.1) is 0 Å². The minimum atomic E-state index is -1.12. The van der Waals surface area contributed by atoms with E-state index in [-0.39, 0.29) is 29.6 Å². The van der Waals surface area contributed by atoms with Gasteiger partial charge in [0.05, 0.1) is 6.04 Å². The zero-order valence-electron chi connectivity index (χ0n) is 30.3. The average Bonchev–Trinajstić information content (AvgIpc) is 3.19. The summed E-state index contributed by atoms with van der Waals surface area (Å²) in [4.78, 5) is 80.8. The van der Waals surface area contributed by atoms with E-state index in [9.17, 15) is 28.8 Å². The predicted molar refractivity (Wildman–Crippen MR) is 175 cm³/mol. The smallest absolute Gasteiger partial charge is 0.329 e. The molecule has 0 aromatic carbocycles. The standard InChI is InChI=1S/C34H59N5O7/c1-14-15-18(2)16-20(23(40)26(35)41)36-27(42)22-21-19(34(21,12)13)17-39(22)28(43)24(31(3,4)5)37-30(45)38-25(32(6,7)8)29(44)46-33(9,10)11/h18-22,24-25H,14-17H2,1-13H3,(H2,35,41)(H,36,42)(H2,37,38,45)/t18?,19-,20?,21-,22-,24+,25+/m0/s1. The summed E-state index contributed by atoms with van der Waals surface area (Å²) in [6, 6.07) is -4.79. The predicted octanol–water partition coefficient (Wildman–Crippen LogP) is 3.31. The van der Waals surface area contributed by atoms with Crippen molar-refractivity contribution in [3.8, 4) is 0 Å². The van der Waals surface area contributed by atoms with E-state index in [1.165, 1.54) is 4.90 Å². The molecular formula is C34H59N5O7. The van der Waals surface area contributed by atoms with Gasteiger partial charge < -0.3 is 31.3 Å². The minimum absolute atomic E-state index is 0.0448. The lowest BCUT2D eigenvalue weighted by molar-refractivity contribution is -0.160. The van der Waals surface area contributed by atoms with Crippen LogP contribution in [0.25, 0.3) is 0 Å². The molecule has 46 heavy (non-hydrogen) atoms. The molecule has 2 unspecified atom stereocenters. The molecule has 0 spiro atoms. The molecule has 0 radical (unpaired) electrons. The second-order valence-corrected chi connectivity index (χ2v) is 17.1. The number of fused-ring (bicyclic) bond motifs is 1. The van der Waals surface area contributed by atoms with Crippen molar-refractivity contribution in [3.05, 3.63) is 0 Å². The number of ketones is 1. The zero-order valence-corrected chi connectivity index (χ0v) is 30.3. The van der Waals surface area contributed by atoms with Crippen molar-refractivity contribution in [2.24, 2.45) is 39.7 Å². The summed E-state index contributed by atoms with van der Waals surface area (Å²) < 4.78 is 5.55. The van der Waals surface area contributed by atoms with Gasteiger partial charge in [-0.25, -0.2) is 9.59 Å². The molecule has 262 valence electrons. The monoisotopic (exact) mass is 649 g/mol. The number of hydrogen-bond acceptors (Lipinski definition) is 7. The van der Waals surface area contributed by atoms with Crippen LogP contribution in [0.15, 0.2) is 0 Å². The Labute approximate surface area is 275 Å². The molecule has 1 aliphatic carbocycles. The number of piperidine rings is 1. The maximum absolute atomic E-state index is 14.3. The highest BCUT2D eigenvalue weighted by Gasteiger charge is 2.70. The van der Waals surface area contributed by atoms with Gasteiger partial charge in [0.25, 0.3) is 5.91 Å². The van der Waals surface area contributed by atoms with Gasteiger partial charge >= 0.3 is 12.0 Å². The molecular weight excluding hydrogens is 590 g/mol. The van der Waals surface area contributed by atoms with Crippen LogP contribution in [0.3, 0.4) is 0 Å². The third kappa shape index (κ3) is 9.44. The van der Waals surface area contributed by atoms with Crippen LogP contribution in [-0.4, -0.2) is 76.7 Å². The van der Waals surface area contributed by atoms with Crippen molar-refractivity contribution in [1.29, 1.82) is 0 Å². The van der Waals surface area contributed by atoms with E-state index in [2.05, 4.69) is 16.0 Å². The highest BCUT2D eigenvalue weighted by molar-refractivity contribution is 6.37. The average molecular weight is 650 g/mol. The summed E-state index contributed by atoms with van der Waals surface area (Å²) in [5, 5.41) is 8.26. The number of amides is 5. The van der Waals surface area contributed by atoms with Crippen molar-refractivity contribution in [2.75, 3.05) is 6.54 Å². The van der Waals surface area contributed by atoms with Gasteiger partial charge in [0.1, 0.15) is 23.7 Å². The van der Waals surface area contributed by atoms with Crippen molar-refractivity contribution in [1.82, 2.24) is 20.9 Å². The van der Waals surface area contributed by atoms with Crippen LogP contribution in [0.4, 0.5) is 4.79 Å². The Kier molecular flexibility index (Phi) is 11.8. The fraction of sp³-hybridized carbons (Fsp3) is 0.824. The Hall–Kier alpha value is -3.18. The number of rotatable bonds is 12. The molecule has 0 bridgehead atoms. The van der Waals surface area contributed by atoms with Gasteiger partial charge in [-0.3, -0.25) is 19.2 Å². The van der Waals surface area contributed by atoms with Gasteiger partial charge in [0.15, 0.2) is 0 Å². The first-order valence-electron chi connectivity index (χ1n) is 16.5. The van der Waals surface area contributed by atoms with Gasteiger partial charge in [0.2, 0.25) is 17.6 Å². The van der Waals surface area contributed by atoms with E-state index in [0.29, 0.717) is 6.54 Å². The zero-order chi connectivity index (χ0) is 35.7. The first-order chi connectivity index (χ1) is 20.7. The van der Waals surface area contributed by atoms with Crippen LogP contribution in [0.5, 0.6) is 0 Å². The number of Topliss-reactive ketones (excluding diaryl/α,β-unsaturated/α-hetero) is 1. The van der Waals surface area contributed by atoms with Crippen LogP contribution < -0.4 is 21.7 Å². The van der Waals surface area contributed by atoms with E-state index in [0.717, 1.165) is 12.8 Å². The highest BCUT2D eigenvalue weighted by atomic mass is 16.6. The Morgan fingerprint density at radius 3 is 1.87 bits per heavy atom. The van der Waals surface area contributed by atoms with Gasteiger partial charge in [-0.05, 0) is 61.2 Å². The molecule has 2 fully saturated rings. The van der Waals surface area contributed by atoms with E-state index < -0.39 is 76.1 Å². The Balaban J connectivity index is 2.36. The summed E-state index contributed by atoms with van der Waals surface area (Å²) in [6.45, 7) is 24.4. The normalized spacial score (nSPS) is 23.2. The number of ether oxygens (including phenoxy) is 1. The third-order valence-corrected chi connectivity index (χ3v) is 9.23. The molecule has 12 heteroatoms. The van der Waals surface area contributed by atoms with E-state index in [4.69, 9.17) is 10.5 Å². The van der Waals surface area contributed by atoms with Crippen molar-refractivity contribution in [2.45, 2.75) is 139 Å². The number of nitrogens with zero attached hydrogens (tertiary/aromatic N) is 1. The number of carbonyl (C=O) groups excluding carboxylic acids is 6. The molecule has 1 saturated carbocycles. The molecule has 2 aliphatic rings. The maximum Gasteiger partial charge on any atom is 0.329 e. The largest absolute Gasteiger partial charge is 0.458 e. The van der Waals surface area contributed by atoms with Gasteiger partial charge in [0, 0.05) is 6.54 Å². The van der Waals surface area contributed by atoms with Crippen molar-refractivity contribution < 1.29 is 33.5 Å². The molecule has 12 nitrogen and oxygen atoms in total. The summed E-state index contributed by atoms with van der Waals surface area (Å²) >= 11 is 0. The Morgan fingerprint density at radius 1 is 0.891 bits per heavy atom. The van der Waals surface area contributed by atoms with Gasteiger partial charge in [-0.1, -0.05) is 82.1 Å². The molecule has 1 saturated heterocycles. The van der Waals surface area contributed by atoms with Gasteiger partial charge in [-0.2, -0.15) is 0 Å². The molecule has 1 aliphatic heterocycles. The summed E-state index contributed by atoms with van der Waals surface area (Å²) in [7, 11) is 0. The SMILES string of the molecule is CCCC(C)CC(NC(=O)[C@@H]1[C@@H]2[C@H](CN1C(=O)[C@@H](NC(=O)N[C@H](C(=O)OC(C)(C)C)C(C)(C)C)C(C)(C)C)C2(C)C)C(=O)C(N)=O. The first kappa shape index (κ1) is 39.0. The molecule has 0 aromatic rings. The second-order valence-electron chi connectivity index (χ2n) is 17.1. The highest BCUT2D eigenvalue weighted by Crippen LogP contribution is 2.65.